The lowest BCUT2D eigenvalue weighted by Gasteiger charge is -2.33. The van der Waals surface area contributed by atoms with E-state index in [1.165, 1.54) is 0 Å². The zero-order chi connectivity index (χ0) is 17.4. The fourth-order valence-electron chi connectivity index (χ4n) is 3.10. The Kier molecular flexibility index (Phi) is 4.47. The molecule has 1 unspecified atom stereocenters. The molecule has 1 fully saturated rings. The molecule has 1 saturated heterocycles. The van der Waals surface area contributed by atoms with Gasteiger partial charge in [0.25, 0.3) is 0 Å². The molecule has 0 radical (unpaired) electrons. The second-order valence-electron chi connectivity index (χ2n) is 5.95. The number of rotatable bonds is 3. The average Bonchev–Trinajstić information content (AvgIpc) is 2.92. The Labute approximate surface area is 158 Å². The van der Waals surface area contributed by atoms with Crippen LogP contribution in [0.15, 0.2) is 29.3 Å². The number of hydrogen-bond donors (Lipinski definition) is 0. The first-order valence-corrected chi connectivity index (χ1v) is 9.15. The Bertz CT molecular complexity index is 900. The topological polar surface area (TPSA) is 69.0 Å². The SMILES string of the molecule is Cn1nc(Br)c2c(N3CCCC(Oc4ccc(Cl)cn4)C3)ncnc21. The molecule has 0 saturated carbocycles. The van der Waals surface area contributed by atoms with Crippen LogP contribution >= 0.6 is 27.5 Å². The molecule has 4 heterocycles. The minimum absolute atomic E-state index is 0.0443. The van der Waals surface area contributed by atoms with Gasteiger partial charge in [-0.15, -0.1) is 0 Å². The number of aryl methyl sites for hydroxylation is 1. The van der Waals surface area contributed by atoms with Crippen LogP contribution in [-0.4, -0.2) is 43.9 Å². The van der Waals surface area contributed by atoms with Crippen molar-refractivity contribution < 1.29 is 4.74 Å². The van der Waals surface area contributed by atoms with Gasteiger partial charge in [-0.05, 0) is 34.8 Å². The van der Waals surface area contributed by atoms with E-state index in [0.717, 1.165) is 47.4 Å². The average molecular weight is 424 g/mol. The molecule has 130 valence electrons. The van der Waals surface area contributed by atoms with Crippen molar-refractivity contribution in [3.63, 3.8) is 0 Å². The van der Waals surface area contributed by atoms with Crippen molar-refractivity contribution >= 4 is 44.4 Å². The fourth-order valence-corrected chi connectivity index (χ4v) is 3.80. The third kappa shape index (κ3) is 3.28. The van der Waals surface area contributed by atoms with E-state index >= 15 is 0 Å². The number of hydrogen-bond acceptors (Lipinski definition) is 6. The highest BCUT2D eigenvalue weighted by Crippen LogP contribution is 2.31. The van der Waals surface area contributed by atoms with Crippen molar-refractivity contribution in [2.24, 2.45) is 7.05 Å². The molecule has 7 nitrogen and oxygen atoms in total. The van der Waals surface area contributed by atoms with Gasteiger partial charge in [0.2, 0.25) is 5.88 Å². The van der Waals surface area contributed by atoms with Crippen LogP contribution in [0, 0.1) is 0 Å². The van der Waals surface area contributed by atoms with Gasteiger partial charge in [-0.1, -0.05) is 11.6 Å². The molecule has 0 spiro atoms. The van der Waals surface area contributed by atoms with Gasteiger partial charge in [-0.25, -0.2) is 19.6 Å². The molecular weight excluding hydrogens is 408 g/mol. The van der Waals surface area contributed by atoms with Crippen molar-refractivity contribution in [1.29, 1.82) is 0 Å². The van der Waals surface area contributed by atoms with E-state index in [9.17, 15) is 0 Å². The first-order chi connectivity index (χ1) is 12.1. The molecule has 1 aliphatic heterocycles. The molecular formula is C16H16BrClN6O. The maximum absolute atomic E-state index is 6.02. The normalized spacial score (nSPS) is 17.9. The lowest BCUT2D eigenvalue weighted by molar-refractivity contribution is 0.172. The summed E-state index contributed by atoms with van der Waals surface area (Å²) in [5.74, 6) is 1.47. The monoisotopic (exact) mass is 422 g/mol. The third-order valence-electron chi connectivity index (χ3n) is 4.22. The predicted octanol–water partition coefficient (Wildman–Crippen LogP) is 3.22. The van der Waals surface area contributed by atoms with E-state index in [4.69, 9.17) is 16.3 Å². The molecule has 9 heteroatoms. The number of pyridine rings is 1. The summed E-state index contributed by atoms with van der Waals surface area (Å²) < 4.78 is 8.53. The minimum Gasteiger partial charge on any atom is -0.472 e. The van der Waals surface area contributed by atoms with E-state index in [1.54, 1.807) is 29.3 Å². The number of ether oxygens (including phenoxy) is 1. The van der Waals surface area contributed by atoms with Crippen LogP contribution in [0.1, 0.15) is 12.8 Å². The van der Waals surface area contributed by atoms with Gasteiger partial charge < -0.3 is 9.64 Å². The summed E-state index contributed by atoms with van der Waals surface area (Å²) in [7, 11) is 1.87. The number of piperidine rings is 1. The van der Waals surface area contributed by atoms with Crippen LogP contribution in [0.25, 0.3) is 11.0 Å². The van der Waals surface area contributed by atoms with Crippen LogP contribution in [0.5, 0.6) is 5.88 Å². The van der Waals surface area contributed by atoms with Gasteiger partial charge in [0.05, 0.1) is 17.0 Å². The Morgan fingerprint density at radius 3 is 2.96 bits per heavy atom. The molecule has 1 atom stereocenters. The number of fused-ring (bicyclic) bond motifs is 1. The third-order valence-corrected chi connectivity index (χ3v) is 5.00. The predicted molar refractivity (Wildman–Crippen MR) is 99.1 cm³/mol. The summed E-state index contributed by atoms with van der Waals surface area (Å²) in [4.78, 5) is 15.3. The van der Waals surface area contributed by atoms with E-state index < -0.39 is 0 Å². The Morgan fingerprint density at radius 1 is 1.28 bits per heavy atom. The van der Waals surface area contributed by atoms with Gasteiger partial charge in [0, 0.05) is 25.9 Å². The summed E-state index contributed by atoms with van der Waals surface area (Å²) in [5, 5.41) is 5.92. The second-order valence-corrected chi connectivity index (χ2v) is 7.14. The lowest BCUT2D eigenvalue weighted by atomic mass is 10.1. The number of halogens is 2. The number of anilines is 1. The van der Waals surface area contributed by atoms with Crippen molar-refractivity contribution in [3.8, 4) is 5.88 Å². The zero-order valence-corrected chi connectivity index (χ0v) is 15.9. The Balaban J connectivity index is 1.58. The van der Waals surface area contributed by atoms with Gasteiger partial charge in [0.15, 0.2) is 5.65 Å². The fraction of sp³-hybridized carbons (Fsp3) is 0.375. The summed E-state index contributed by atoms with van der Waals surface area (Å²) >= 11 is 9.40. The molecule has 0 bridgehead atoms. The molecule has 0 aliphatic carbocycles. The first kappa shape index (κ1) is 16.5. The molecule has 0 N–H and O–H groups in total. The quantitative estimate of drug-likeness (QED) is 0.644. The summed E-state index contributed by atoms with van der Waals surface area (Å²) in [6.07, 6.45) is 5.21. The Hall–Kier alpha value is -1.93. The molecule has 0 amide bonds. The van der Waals surface area contributed by atoms with Gasteiger partial charge in [0.1, 0.15) is 22.9 Å². The molecule has 1 aliphatic rings. The molecule has 0 aromatic carbocycles. The smallest absolute Gasteiger partial charge is 0.213 e. The van der Waals surface area contributed by atoms with Gasteiger partial charge in [-0.2, -0.15) is 5.10 Å². The van der Waals surface area contributed by atoms with E-state index in [2.05, 4.69) is 40.9 Å². The van der Waals surface area contributed by atoms with E-state index in [1.807, 2.05) is 7.05 Å². The number of nitrogens with zero attached hydrogens (tertiary/aromatic N) is 6. The maximum Gasteiger partial charge on any atom is 0.213 e. The van der Waals surface area contributed by atoms with Crippen molar-refractivity contribution in [1.82, 2.24) is 24.7 Å². The maximum atomic E-state index is 6.02. The van der Waals surface area contributed by atoms with Gasteiger partial charge in [-0.3, -0.25) is 0 Å². The van der Waals surface area contributed by atoms with Crippen molar-refractivity contribution in [2.45, 2.75) is 18.9 Å². The minimum atomic E-state index is 0.0443. The van der Waals surface area contributed by atoms with Crippen molar-refractivity contribution in [3.05, 3.63) is 34.3 Å². The van der Waals surface area contributed by atoms with Gasteiger partial charge >= 0.3 is 0 Å². The highest BCUT2D eigenvalue weighted by atomic mass is 79.9. The summed E-state index contributed by atoms with van der Waals surface area (Å²) in [6.45, 7) is 1.65. The summed E-state index contributed by atoms with van der Waals surface area (Å²) in [6, 6.07) is 3.58. The van der Waals surface area contributed by atoms with Crippen molar-refractivity contribution in [2.75, 3.05) is 18.0 Å². The molecule has 4 rings (SSSR count). The second kappa shape index (κ2) is 6.76. The van der Waals surface area contributed by atoms with Crippen LogP contribution < -0.4 is 9.64 Å². The van der Waals surface area contributed by atoms with E-state index in [-0.39, 0.29) is 6.10 Å². The van der Waals surface area contributed by atoms with Crippen LogP contribution in [0.3, 0.4) is 0 Å². The lowest BCUT2D eigenvalue weighted by Crippen LogP contribution is -2.41. The standard InChI is InChI=1S/C16H16BrClN6O/c1-23-15-13(14(17)22-23)16(21-9-20-15)24-6-2-3-11(8-24)25-12-5-4-10(18)7-19-12/h4-5,7,9,11H,2-3,6,8H2,1H3. The molecule has 3 aromatic rings. The van der Waals surface area contributed by atoms with Crippen LogP contribution in [0.2, 0.25) is 5.02 Å². The molecule has 3 aromatic heterocycles. The highest BCUT2D eigenvalue weighted by molar-refractivity contribution is 9.10. The highest BCUT2D eigenvalue weighted by Gasteiger charge is 2.26. The van der Waals surface area contributed by atoms with E-state index in [0.29, 0.717) is 10.9 Å². The van der Waals surface area contributed by atoms with Crippen LogP contribution in [-0.2, 0) is 7.05 Å². The summed E-state index contributed by atoms with van der Waals surface area (Å²) in [5.41, 5.74) is 0.805. The Morgan fingerprint density at radius 2 is 2.16 bits per heavy atom. The van der Waals surface area contributed by atoms with Crippen LogP contribution in [0.4, 0.5) is 5.82 Å². The molecule has 25 heavy (non-hydrogen) atoms. The zero-order valence-electron chi connectivity index (χ0n) is 13.6. The largest absolute Gasteiger partial charge is 0.472 e. The first-order valence-electron chi connectivity index (χ1n) is 7.98. The number of aromatic nitrogens is 5.